The second kappa shape index (κ2) is 7.39. The summed E-state index contributed by atoms with van der Waals surface area (Å²) in [4.78, 5) is 6.67. The van der Waals surface area contributed by atoms with Crippen LogP contribution in [0, 0.1) is 0 Å². The number of benzene rings is 1. The van der Waals surface area contributed by atoms with Crippen molar-refractivity contribution < 1.29 is 5.11 Å². The molecule has 0 spiro atoms. The summed E-state index contributed by atoms with van der Waals surface area (Å²) in [5, 5.41) is 9.74. The largest absolute Gasteiger partial charge is 0.396 e. The molecule has 0 aliphatic rings. The Morgan fingerprint density at radius 2 is 1.95 bits per heavy atom. The number of rotatable bonds is 6. The van der Waals surface area contributed by atoms with Crippen LogP contribution >= 0.6 is 11.6 Å². The standard InChI is InChI=1S/C16H19ClN2O/c1-19(11-4-12-20)16(15-5-2-3-10-18-15)13-6-8-14(17)9-7-13/h2-3,5-10,16,20H,4,11-12H2,1H3. The van der Waals surface area contributed by atoms with Gasteiger partial charge in [-0.1, -0.05) is 29.8 Å². The molecule has 1 aromatic carbocycles. The molecule has 0 fully saturated rings. The maximum atomic E-state index is 9.01. The van der Waals surface area contributed by atoms with Crippen LogP contribution in [0.2, 0.25) is 5.02 Å². The lowest BCUT2D eigenvalue weighted by Crippen LogP contribution is -2.27. The van der Waals surface area contributed by atoms with E-state index in [4.69, 9.17) is 16.7 Å². The van der Waals surface area contributed by atoms with Crippen LogP contribution in [0.25, 0.3) is 0 Å². The van der Waals surface area contributed by atoms with Gasteiger partial charge < -0.3 is 5.11 Å². The number of hydrogen-bond acceptors (Lipinski definition) is 3. The van der Waals surface area contributed by atoms with Crippen LogP contribution in [-0.2, 0) is 0 Å². The van der Waals surface area contributed by atoms with Crippen LogP contribution in [0.3, 0.4) is 0 Å². The highest BCUT2D eigenvalue weighted by atomic mass is 35.5. The van der Waals surface area contributed by atoms with Crippen molar-refractivity contribution >= 4 is 11.6 Å². The molecule has 1 aromatic heterocycles. The molecule has 106 valence electrons. The van der Waals surface area contributed by atoms with Crippen molar-refractivity contribution in [3.63, 3.8) is 0 Å². The Morgan fingerprint density at radius 3 is 2.55 bits per heavy atom. The first kappa shape index (κ1) is 15.0. The van der Waals surface area contributed by atoms with Gasteiger partial charge in [-0.3, -0.25) is 9.88 Å². The number of aliphatic hydroxyl groups is 1. The molecule has 1 atom stereocenters. The van der Waals surface area contributed by atoms with Crippen molar-refractivity contribution in [2.24, 2.45) is 0 Å². The van der Waals surface area contributed by atoms with Gasteiger partial charge in [-0.15, -0.1) is 0 Å². The summed E-state index contributed by atoms with van der Waals surface area (Å²) in [5.74, 6) is 0. The van der Waals surface area contributed by atoms with Gasteiger partial charge in [-0.25, -0.2) is 0 Å². The van der Waals surface area contributed by atoms with E-state index in [1.165, 1.54) is 0 Å². The van der Waals surface area contributed by atoms with Gasteiger partial charge in [0.25, 0.3) is 0 Å². The topological polar surface area (TPSA) is 36.4 Å². The normalized spacial score (nSPS) is 12.6. The van der Waals surface area contributed by atoms with Crippen molar-refractivity contribution in [3.05, 3.63) is 64.9 Å². The molecule has 0 bridgehead atoms. The average Bonchev–Trinajstić information content (AvgIpc) is 2.48. The molecule has 20 heavy (non-hydrogen) atoms. The Kier molecular flexibility index (Phi) is 5.53. The zero-order valence-corrected chi connectivity index (χ0v) is 12.3. The number of aliphatic hydroxyl groups excluding tert-OH is 1. The van der Waals surface area contributed by atoms with Gasteiger partial charge in [-0.2, -0.15) is 0 Å². The number of aromatic nitrogens is 1. The molecular formula is C16H19ClN2O. The van der Waals surface area contributed by atoms with E-state index in [0.717, 1.165) is 29.2 Å². The lowest BCUT2D eigenvalue weighted by Gasteiger charge is -2.28. The highest BCUT2D eigenvalue weighted by Gasteiger charge is 2.19. The Bertz CT molecular complexity index is 516. The van der Waals surface area contributed by atoms with Crippen molar-refractivity contribution in [1.29, 1.82) is 0 Å². The first-order chi connectivity index (χ1) is 9.72. The molecular weight excluding hydrogens is 272 g/mol. The molecule has 1 N–H and O–H groups in total. The minimum Gasteiger partial charge on any atom is -0.396 e. The van der Waals surface area contributed by atoms with Gasteiger partial charge in [0.2, 0.25) is 0 Å². The summed E-state index contributed by atoms with van der Waals surface area (Å²) in [5.41, 5.74) is 2.14. The van der Waals surface area contributed by atoms with Gasteiger partial charge >= 0.3 is 0 Å². The summed E-state index contributed by atoms with van der Waals surface area (Å²) in [6.07, 6.45) is 2.55. The zero-order chi connectivity index (χ0) is 14.4. The molecule has 3 nitrogen and oxygen atoms in total. The third-order valence-electron chi connectivity index (χ3n) is 3.26. The van der Waals surface area contributed by atoms with Crippen LogP contribution in [0.15, 0.2) is 48.7 Å². The van der Waals surface area contributed by atoms with E-state index in [2.05, 4.69) is 9.88 Å². The summed E-state index contributed by atoms with van der Waals surface area (Å²) >= 11 is 5.96. The zero-order valence-electron chi connectivity index (χ0n) is 11.5. The Hall–Kier alpha value is -1.42. The molecule has 0 aliphatic heterocycles. The minimum atomic E-state index is 0.0695. The summed E-state index contributed by atoms with van der Waals surface area (Å²) in [6, 6.07) is 13.8. The fourth-order valence-electron chi connectivity index (χ4n) is 2.28. The Labute approximate surface area is 124 Å². The molecule has 0 radical (unpaired) electrons. The van der Waals surface area contributed by atoms with Gasteiger partial charge in [0.1, 0.15) is 0 Å². The SMILES string of the molecule is CN(CCCO)C(c1ccc(Cl)cc1)c1ccccn1. The lowest BCUT2D eigenvalue weighted by molar-refractivity contribution is 0.223. The van der Waals surface area contributed by atoms with E-state index in [-0.39, 0.29) is 12.6 Å². The molecule has 4 heteroatoms. The van der Waals surface area contributed by atoms with Gasteiger partial charge in [0, 0.05) is 24.4 Å². The highest BCUT2D eigenvalue weighted by Crippen LogP contribution is 2.27. The third kappa shape index (κ3) is 3.79. The van der Waals surface area contributed by atoms with E-state index >= 15 is 0 Å². The molecule has 0 amide bonds. The number of pyridine rings is 1. The second-order valence-electron chi connectivity index (χ2n) is 4.77. The molecule has 0 saturated carbocycles. The molecule has 1 heterocycles. The monoisotopic (exact) mass is 290 g/mol. The highest BCUT2D eigenvalue weighted by molar-refractivity contribution is 6.30. The molecule has 2 aromatic rings. The predicted octanol–water partition coefficient (Wildman–Crippen LogP) is 3.14. The number of hydrogen-bond donors (Lipinski definition) is 1. The molecule has 2 rings (SSSR count). The van der Waals surface area contributed by atoms with Gasteiger partial charge in [0.15, 0.2) is 0 Å². The predicted molar refractivity (Wildman–Crippen MR) is 81.9 cm³/mol. The van der Waals surface area contributed by atoms with Crippen molar-refractivity contribution in [1.82, 2.24) is 9.88 Å². The lowest BCUT2D eigenvalue weighted by atomic mass is 10.0. The van der Waals surface area contributed by atoms with E-state index in [0.29, 0.717) is 0 Å². The second-order valence-corrected chi connectivity index (χ2v) is 5.20. The summed E-state index contributed by atoms with van der Waals surface area (Å²) in [6.45, 7) is 1.00. The number of nitrogens with zero attached hydrogens (tertiary/aromatic N) is 2. The fourth-order valence-corrected chi connectivity index (χ4v) is 2.41. The fraction of sp³-hybridized carbons (Fsp3) is 0.312. The maximum absolute atomic E-state index is 9.01. The smallest absolute Gasteiger partial charge is 0.0773 e. The van der Waals surface area contributed by atoms with Gasteiger partial charge in [0.05, 0.1) is 11.7 Å². The average molecular weight is 291 g/mol. The van der Waals surface area contributed by atoms with Crippen molar-refractivity contribution in [3.8, 4) is 0 Å². The van der Waals surface area contributed by atoms with Crippen LogP contribution in [0.1, 0.15) is 23.7 Å². The van der Waals surface area contributed by atoms with Crippen molar-refractivity contribution in [2.75, 3.05) is 20.2 Å². The van der Waals surface area contributed by atoms with Gasteiger partial charge in [-0.05, 0) is 43.3 Å². The van der Waals surface area contributed by atoms with E-state index < -0.39 is 0 Å². The Balaban J connectivity index is 2.31. The molecule has 0 saturated heterocycles. The first-order valence-electron chi connectivity index (χ1n) is 6.70. The van der Waals surface area contributed by atoms with Crippen molar-refractivity contribution in [2.45, 2.75) is 12.5 Å². The molecule has 1 unspecified atom stereocenters. The number of halogens is 1. The summed E-state index contributed by atoms with van der Waals surface area (Å²) in [7, 11) is 2.05. The minimum absolute atomic E-state index is 0.0695. The van der Waals surface area contributed by atoms with Crippen LogP contribution in [0.5, 0.6) is 0 Å². The maximum Gasteiger partial charge on any atom is 0.0773 e. The summed E-state index contributed by atoms with van der Waals surface area (Å²) < 4.78 is 0. The van der Waals surface area contributed by atoms with Crippen LogP contribution < -0.4 is 0 Å². The van der Waals surface area contributed by atoms with E-state index in [1.54, 1.807) is 6.20 Å². The molecule has 0 aliphatic carbocycles. The van der Waals surface area contributed by atoms with E-state index in [9.17, 15) is 0 Å². The van der Waals surface area contributed by atoms with Crippen LogP contribution in [0.4, 0.5) is 0 Å². The third-order valence-corrected chi connectivity index (χ3v) is 3.52. The quantitative estimate of drug-likeness (QED) is 0.888. The Morgan fingerprint density at radius 1 is 1.20 bits per heavy atom. The van der Waals surface area contributed by atoms with E-state index in [1.807, 2.05) is 49.5 Å². The van der Waals surface area contributed by atoms with Crippen LogP contribution in [-0.4, -0.2) is 35.2 Å². The first-order valence-corrected chi connectivity index (χ1v) is 7.07.